The summed E-state index contributed by atoms with van der Waals surface area (Å²) < 4.78 is 43.1. The number of nitrogens with one attached hydrogen (secondary N) is 1. The van der Waals surface area contributed by atoms with Crippen molar-refractivity contribution in [3.05, 3.63) is 57.6 Å². The van der Waals surface area contributed by atoms with E-state index >= 15 is 0 Å². The van der Waals surface area contributed by atoms with Crippen molar-refractivity contribution in [2.45, 2.75) is 6.18 Å². The van der Waals surface area contributed by atoms with Gasteiger partial charge < -0.3 is 15.2 Å². The van der Waals surface area contributed by atoms with E-state index in [2.05, 4.69) is 26.0 Å². The van der Waals surface area contributed by atoms with Crippen LogP contribution < -0.4 is 5.32 Å². The van der Waals surface area contributed by atoms with Crippen LogP contribution in [0, 0.1) is 0 Å². The van der Waals surface area contributed by atoms with Crippen LogP contribution in [0.2, 0.25) is 0 Å². The number of hydrogen-bond acceptors (Lipinski definition) is 4. The molecule has 5 nitrogen and oxygen atoms in total. The number of carbonyl (C=O) groups is 2. The number of benzene rings is 2. The molecule has 0 fully saturated rings. The number of hydrogen-bond donors (Lipinski definition) is 2. The lowest BCUT2D eigenvalue weighted by Gasteiger charge is -2.12. The van der Waals surface area contributed by atoms with Gasteiger partial charge in [-0.15, -0.1) is 0 Å². The van der Waals surface area contributed by atoms with Crippen LogP contribution in [0.3, 0.4) is 0 Å². The molecule has 25 heavy (non-hydrogen) atoms. The minimum absolute atomic E-state index is 0.203. The van der Waals surface area contributed by atoms with E-state index in [4.69, 9.17) is 0 Å². The van der Waals surface area contributed by atoms with Crippen LogP contribution >= 0.6 is 15.9 Å². The van der Waals surface area contributed by atoms with Crippen molar-refractivity contribution in [1.82, 2.24) is 0 Å². The van der Waals surface area contributed by atoms with Crippen molar-refractivity contribution in [2.24, 2.45) is 0 Å². The highest BCUT2D eigenvalue weighted by molar-refractivity contribution is 9.10. The second kappa shape index (κ2) is 7.14. The summed E-state index contributed by atoms with van der Waals surface area (Å²) in [5.41, 5.74) is -1.17. The molecule has 0 aliphatic heterocycles. The Morgan fingerprint density at radius 2 is 1.84 bits per heavy atom. The lowest BCUT2D eigenvalue weighted by Crippen LogP contribution is -2.15. The molecule has 0 bridgehead atoms. The van der Waals surface area contributed by atoms with Crippen LogP contribution in [-0.4, -0.2) is 24.1 Å². The Balaban J connectivity index is 2.30. The largest absolute Gasteiger partial charge is 0.507 e. The van der Waals surface area contributed by atoms with Gasteiger partial charge in [0, 0.05) is 4.47 Å². The van der Waals surface area contributed by atoms with E-state index in [0.29, 0.717) is 16.6 Å². The molecule has 9 heteroatoms. The van der Waals surface area contributed by atoms with Gasteiger partial charge in [0.25, 0.3) is 5.91 Å². The normalized spacial score (nSPS) is 11.1. The molecule has 0 aliphatic carbocycles. The first-order chi connectivity index (χ1) is 11.6. The Morgan fingerprint density at radius 3 is 2.40 bits per heavy atom. The molecular formula is C16H11BrF3NO4. The van der Waals surface area contributed by atoms with Crippen LogP contribution in [0.15, 0.2) is 40.9 Å². The maximum atomic E-state index is 12.7. The van der Waals surface area contributed by atoms with E-state index in [1.807, 2.05) is 0 Å². The summed E-state index contributed by atoms with van der Waals surface area (Å²) in [5, 5.41) is 12.0. The number of ether oxygens (including phenoxy) is 1. The molecule has 0 saturated carbocycles. The molecule has 0 atom stereocenters. The number of aromatic hydroxyl groups is 1. The number of anilines is 1. The average molecular weight is 418 g/mol. The monoisotopic (exact) mass is 417 g/mol. The molecular weight excluding hydrogens is 407 g/mol. The highest BCUT2D eigenvalue weighted by Gasteiger charge is 2.32. The predicted molar refractivity (Wildman–Crippen MR) is 86.5 cm³/mol. The van der Waals surface area contributed by atoms with Crippen molar-refractivity contribution in [3.63, 3.8) is 0 Å². The topological polar surface area (TPSA) is 75.6 Å². The summed E-state index contributed by atoms with van der Waals surface area (Å²) in [6.07, 6.45) is -4.65. The van der Waals surface area contributed by atoms with Gasteiger partial charge in [0.1, 0.15) is 5.75 Å². The first-order valence-electron chi connectivity index (χ1n) is 6.73. The van der Waals surface area contributed by atoms with E-state index in [-0.39, 0.29) is 11.3 Å². The highest BCUT2D eigenvalue weighted by Crippen LogP contribution is 2.33. The Labute approximate surface area is 148 Å². The summed E-state index contributed by atoms with van der Waals surface area (Å²) in [6, 6.07) is 6.16. The standard InChI is InChI=1S/C16H11BrF3NO4/c1-25-15(24)8-2-4-12(11(17)6-8)21-14(23)10-7-9(16(18,19)20)3-5-13(10)22/h2-7,22H,1H3,(H,21,23). The number of methoxy groups -OCH3 is 1. The van der Waals surface area contributed by atoms with E-state index in [0.717, 1.165) is 6.07 Å². The predicted octanol–water partition coefficient (Wildman–Crippen LogP) is 4.21. The molecule has 2 aromatic rings. The van der Waals surface area contributed by atoms with Crippen LogP contribution in [0.5, 0.6) is 5.75 Å². The van der Waals surface area contributed by atoms with E-state index in [9.17, 15) is 27.9 Å². The van der Waals surface area contributed by atoms with Crippen LogP contribution in [0.4, 0.5) is 18.9 Å². The summed E-state index contributed by atoms with van der Waals surface area (Å²) in [6.45, 7) is 0. The van der Waals surface area contributed by atoms with E-state index in [1.165, 1.54) is 25.3 Å². The van der Waals surface area contributed by atoms with Gasteiger partial charge in [0.15, 0.2) is 0 Å². The van der Waals surface area contributed by atoms with Gasteiger partial charge in [0.05, 0.1) is 29.5 Å². The fourth-order valence-electron chi connectivity index (χ4n) is 1.95. The number of phenols is 1. The number of phenolic OH excluding ortho intramolecular Hbond substituents is 1. The third-order valence-electron chi connectivity index (χ3n) is 3.21. The first kappa shape index (κ1) is 18.8. The molecule has 132 valence electrons. The van der Waals surface area contributed by atoms with Crippen LogP contribution in [-0.2, 0) is 10.9 Å². The number of carbonyl (C=O) groups excluding carboxylic acids is 2. The summed E-state index contributed by atoms with van der Waals surface area (Å²) in [4.78, 5) is 23.6. The van der Waals surface area contributed by atoms with Gasteiger partial charge >= 0.3 is 12.1 Å². The number of halogens is 4. The Morgan fingerprint density at radius 1 is 1.16 bits per heavy atom. The molecule has 2 aromatic carbocycles. The Bertz CT molecular complexity index is 837. The van der Waals surface area contributed by atoms with Gasteiger partial charge in [-0.3, -0.25) is 4.79 Å². The van der Waals surface area contributed by atoms with Crippen molar-refractivity contribution in [1.29, 1.82) is 0 Å². The first-order valence-corrected chi connectivity index (χ1v) is 7.52. The zero-order valence-corrected chi connectivity index (χ0v) is 14.2. The Hall–Kier alpha value is -2.55. The number of rotatable bonds is 3. The number of esters is 1. The zero-order valence-electron chi connectivity index (χ0n) is 12.6. The third-order valence-corrected chi connectivity index (χ3v) is 3.86. The summed E-state index contributed by atoms with van der Waals surface area (Å²) >= 11 is 3.15. The maximum absolute atomic E-state index is 12.7. The molecule has 2 rings (SSSR count). The quantitative estimate of drug-likeness (QED) is 0.733. The number of amides is 1. The van der Waals surface area contributed by atoms with Gasteiger partial charge in [-0.05, 0) is 52.3 Å². The van der Waals surface area contributed by atoms with E-state index < -0.39 is 34.9 Å². The molecule has 0 radical (unpaired) electrons. The van der Waals surface area contributed by atoms with Crippen molar-refractivity contribution in [2.75, 3.05) is 12.4 Å². The third kappa shape index (κ3) is 4.30. The van der Waals surface area contributed by atoms with Gasteiger partial charge in [-0.1, -0.05) is 0 Å². The van der Waals surface area contributed by atoms with Gasteiger partial charge in [-0.2, -0.15) is 13.2 Å². The van der Waals surface area contributed by atoms with Crippen molar-refractivity contribution >= 4 is 33.5 Å². The SMILES string of the molecule is COC(=O)c1ccc(NC(=O)c2cc(C(F)(F)F)ccc2O)c(Br)c1. The van der Waals surface area contributed by atoms with Crippen LogP contribution in [0.25, 0.3) is 0 Å². The molecule has 0 aliphatic rings. The zero-order chi connectivity index (χ0) is 18.8. The van der Waals surface area contributed by atoms with Gasteiger partial charge in [0.2, 0.25) is 0 Å². The fourth-order valence-corrected chi connectivity index (χ4v) is 2.42. The maximum Gasteiger partial charge on any atom is 0.416 e. The minimum atomic E-state index is -4.65. The molecule has 0 heterocycles. The average Bonchev–Trinajstić information content (AvgIpc) is 2.55. The van der Waals surface area contributed by atoms with Gasteiger partial charge in [-0.25, -0.2) is 4.79 Å². The molecule has 0 aromatic heterocycles. The fraction of sp³-hybridized carbons (Fsp3) is 0.125. The smallest absolute Gasteiger partial charge is 0.416 e. The van der Waals surface area contributed by atoms with Crippen LogP contribution in [0.1, 0.15) is 26.3 Å². The van der Waals surface area contributed by atoms with E-state index in [1.54, 1.807) is 0 Å². The van der Waals surface area contributed by atoms with Crippen molar-refractivity contribution < 1.29 is 32.6 Å². The molecule has 0 spiro atoms. The van der Waals surface area contributed by atoms with Crippen molar-refractivity contribution in [3.8, 4) is 5.75 Å². The lowest BCUT2D eigenvalue weighted by atomic mass is 10.1. The molecule has 1 amide bonds. The second-order valence-corrected chi connectivity index (χ2v) is 5.72. The minimum Gasteiger partial charge on any atom is -0.507 e. The highest BCUT2D eigenvalue weighted by atomic mass is 79.9. The summed E-state index contributed by atoms with van der Waals surface area (Å²) in [7, 11) is 1.21. The molecule has 0 saturated heterocycles. The molecule has 0 unspecified atom stereocenters. The summed E-state index contributed by atoms with van der Waals surface area (Å²) in [5.74, 6) is -2.11. The second-order valence-electron chi connectivity index (χ2n) is 4.87. The molecule has 2 N–H and O–H groups in total. The Kier molecular flexibility index (Phi) is 5.36. The number of alkyl halides is 3. The lowest BCUT2D eigenvalue weighted by molar-refractivity contribution is -0.137.